The maximum absolute atomic E-state index is 5.80. The van der Waals surface area contributed by atoms with Gasteiger partial charge in [-0.25, -0.2) is 0 Å². The molecule has 0 saturated carbocycles. The number of nitrogens with one attached hydrogen (secondary N) is 1. The van der Waals surface area contributed by atoms with E-state index in [0.29, 0.717) is 0 Å². The van der Waals surface area contributed by atoms with Crippen LogP contribution in [0.5, 0.6) is 0 Å². The molecular formula is C14H20N4. The highest BCUT2D eigenvalue weighted by atomic mass is 15.3. The first-order valence-electron chi connectivity index (χ1n) is 6.21. The van der Waals surface area contributed by atoms with Gasteiger partial charge in [0.25, 0.3) is 0 Å². The summed E-state index contributed by atoms with van der Waals surface area (Å²) in [6.45, 7) is 4.93. The first kappa shape index (κ1) is 12.5. The molecule has 0 bridgehead atoms. The van der Waals surface area contributed by atoms with E-state index in [1.54, 1.807) is 0 Å². The first-order chi connectivity index (χ1) is 8.60. The molecule has 0 radical (unpaired) electrons. The van der Waals surface area contributed by atoms with Crippen LogP contribution in [0.25, 0.3) is 0 Å². The average Bonchev–Trinajstić information content (AvgIpc) is 2.71. The Hall–Kier alpha value is -1.97. The summed E-state index contributed by atoms with van der Waals surface area (Å²) in [5, 5.41) is 7.84. The van der Waals surface area contributed by atoms with Crippen LogP contribution < -0.4 is 11.1 Å². The van der Waals surface area contributed by atoms with Crippen molar-refractivity contribution in [2.75, 3.05) is 11.1 Å². The summed E-state index contributed by atoms with van der Waals surface area (Å²) in [6, 6.07) is 6.00. The Bertz CT molecular complexity index is 543. The van der Waals surface area contributed by atoms with Gasteiger partial charge in [-0.1, -0.05) is 6.92 Å². The predicted octanol–water partition coefficient (Wildman–Crippen LogP) is 2.49. The van der Waals surface area contributed by atoms with Gasteiger partial charge in [-0.05, 0) is 37.1 Å². The van der Waals surface area contributed by atoms with E-state index in [-0.39, 0.29) is 0 Å². The third-order valence-corrected chi connectivity index (χ3v) is 3.08. The van der Waals surface area contributed by atoms with Gasteiger partial charge in [0.15, 0.2) is 0 Å². The number of benzene rings is 1. The molecule has 0 atom stereocenters. The Kier molecular flexibility index (Phi) is 3.55. The lowest BCUT2D eigenvalue weighted by Gasteiger charge is -2.08. The van der Waals surface area contributed by atoms with E-state index in [1.807, 2.05) is 30.8 Å². The summed E-state index contributed by atoms with van der Waals surface area (Å²) >= 11 is 0. The van der Waals surface area contributed by atoms with Gasteiger partial charge in [-0.3, -0.25) is 4.68 Å². The molecule has 4 nitrogen and oxygen atoms in total. The number of nitrogen functional groups attached to an aromatic ring is 1. The summed E-state index contributed by atoms with van der Waals surface area (Å²) in [5.74, 6) is 0. The molecular weight excluding hydrogens is 224 g/mol. The Balaban J connectivity index is 2.08. The molecule has 96 valence electrons. The number of rotatable bonds is 4. The fraction of sp³-hybridized carbons (Fsp3) is 0.357. The van der Waals surface area contributed by atoms with E-state index in [4.69, 9.17) is 5.73 Å². The van der Waals surface area contributed by atoms with Crippen LogP contribution in [-0.4, -0.2) is 9.78 Å². The van der Waals surface area contributed by atoms with Crippen LogP contribution in [0, 0.1) is 6.92 Å². The SMILES string of the molecule is CCc1nn(C)cc1CNc1ccc(N)c(C)c1. The minimum Gasteiger partial charge on any atom is -0.399 e. The molecule has 2 aromatic rings. The zero-order chi connectivity index (χ0) is 13.1. The average molecular weight is 244 g/mol. The van der Waals surface area contributed by atoms with E-state index in [1.165, 1.54) is 5.56 Å². The van der Waals surface area contributed by atoms with Crippen molar-refractivity contribution in [1.82, 2.24) is 9.78 Å². The zero-order valence-corrected chi connectivity index (χ0v) is 11.2. The second-order valence-corrected chi connectivity index (χ2v) is 4.55. The Labute approximate surface area is 108 Å². The van der Waals surface area contributed by atoms with Gasteiger partial charge >= 0.3 is 0 Å². The lowest BCUT2D eigenvalue weighted by atomic mass is 10.1. The highest BCUT2D eigenvalue weighted by molar-refractivity contribution is 5.56. The lowest BCUT2D eigenvalue weighted by Crippen LogP contribution is -2.01. The number of anilines is 2. The second kappa shape index (κ2) is 5.12. The lowest BCUT2D eigenvalue weighted by molar-refractivity contribution is 0.746. The normalized spacial score (nSPS) is 10.6. The largest absolute Gasteiger partial charge is 0.399 e. The van der Waals surface area contributed by atoms with Crippen LogP contribution in [0.3, 0.4) is 0 Å². The van der Waals surface area contributed by atoms with Crippen molar-refractivity contribution in [3.05, 3.63) is 41.2 Å². The fourth-order valence-electron chi connectivity index (χ4n) is 2.01. The maximum atomic E-state index is 5.80. The predicted molar refractivity (Wildman–Crippen MR) is 75.5 cm³/mol. The monoisotopic (exact) mass is 244 g/mol. The summed E-state index contributed by atoms with van der Waals surface area (Å²) < 4.78 is 1.87. The molecule has 0 aliphatic carbocycles. The van der Waals surface area contributed by atoms with E-state index < -0.39 is 0 Å². The number of hydrogen-bond acceptors (Lipinski definition) is 3. The quantitative estimate of drug-likeness (QED) is 0.812. The van der Waals surface area contributed by atoms with Crippen molar-refractivity contribution in [3.63, 3.8) is 0 Å². The third kappa shape index (κ3) is 2.64. The smallest absolute Gasteiger partial charge is 0.0671 e. The maximum Gasteiger partial charge on any atom is 0.0671 e. The first-order valence-corrected chi connectivity index (χ1v) is 6.21. The van der Waals surface area contributed by atoms with Gasteiger partial charge < -0.3 is 11.1 Å². The van der Waals surface area contributed by atoms with Gasteiger partial charge in [0, 0.05) is 36.7 Å². The molecule has 0 aliphatic heterocycles. The van der Waals surface area contributed by atoms with E-state index >= 15 is 0 Å². The van der Waals surface area contributed by atoms with Gasteiger partial charge in [0.1, 0.15) is 0 Å². The molecule has 3 N–H and O–H groups in total. The summed E-state index contributed by atoms with van der Waals surface area (Å²) in [4.78, 5) is 0. The molecule has 2 rings (SSSR count). The van der Waals surface area contributed by atoms with Gasteiger partial charge in [-0.2, -0.15) is 5.10 Å². The summed E-state index contributed by atoms with van der Waals surface area (Å²) in [5.41, 5.74) is 11.2. The van der Waals surface area contributed by atoms with Crippen LogP contribution in [-0.2, 0) is 20.0 Å². The number of aryl methyl sites for hydroxylation is 3. The summed E-state index contributed by atoms with van der Waals surface area (Å²) in [6.07, 6.45) is 3.02. The van der Waals surface area contributed by atoms with Crippen molar-refractivity contribution >= 4 is 11.4 Å². The number of nitrogens with zero attached hydrogens (tertiary/aromatic N) is 2. The number of nitrogens with two attached hydrogens (primary N) is 1. The van der Waals surface area contributed by atoms with Crippen LogP contribution in [0.1, 0.15) is 23.7 Å². The van der Waals surface area contributed by atoms with Crippen molar-refractivity contribution in [3.8, 4) is 0 Å². The third-order valence-electron chi connectivity index (χ3n) is 3.08. The van der Waals surface area contributed by atoms with Gasteiger partial charge in [-0.15, -0.1) is 0 Å². The van der Waals surface area contributed by atoms with Crippen LogP contribution in [0.4, 0.5) is 11.4 Å². The van der Waals surface area contributed by atoms with Gasteiger partial charge in [0.2, 0.25) is 0 Å². The Morgan fingerprint density at radius 1 is 1.39 bits per heavy atom. The Morgan fingerprint density at radius 2 is 2.17 bits per heavy atom. The fourth-order valence-corrected chi connectivity index (χ4v) is 2.01. The van der Waals surface area contributed by atoms with Crippen molar-refractivity contribution in [2.45, 2.75) is 26.8 Å². The minimum absolute atomic E-state index is 0.792. The van der Waals surface area contributed by atoms with Crippen molar-refractivity contribution < 1.29 is 0 Å². The Morgan fingerprint density at radius 3 is 2.83 bits per heavy atom. The van der Waals surface area contributed by atoms with E-state index in [9.17, 15) is 0 Å². The van der Waals surface area contributed by atoms with Crippen molar-refractivity contribution in [1.29, 1.82) is 0 Å². The summed E-state index contributed by atoms with van der Waals surface area (Å²) in [7, 11) is 1.95. The van der Waals surface area contributed by atoms with Gasteiger partial charge in [0.05, 0.1) is 5.69 Å². The second-order valence-electron chi connectivity index (χ2n) is 4.55. The molecule has 0 saturated heterocycles. The van der Waals surface area contributed by atoms with E-state index in [2.05, 4.69) is 29.6 Å². The topological polar surface area (TPSA) is 55.9 Å². The van der Waals surface area contributed by atoms with Crippen LogP contribution in [0.15, 0.2) is 24.4 Å². The van der Waals surface area contributed by atoms with E-state index in [0.717, 1.165) is 35.6 Å². The van der Waals surface area contributed by atoms with Crippen LogP contribution >= 0.6 is 0 Å². The highest BCUT2D eigenvalue weighted by Crippen LogP contribution is 2.18. The zero-order valence-electron chi connectivity index (χ0n) is 11.2. The highest BCUT2D eigenvalue weighted by Gasteiger charge is 2.05. The number of aromatic nitrogens is 2. The molecule has 0 amide bonds. The minimum atomic E-state index is 0.792. The molecule has 0 fully saturated rings. The molecule has 18 heavy (non-hydrogen) atoms. The standard InChI is InChI=1S/C14H20N4/c1-4-14-11(9-18(3)17-14)8-16-12-5-6-13(15)10(2)7-12/h5-7,9,16H,4,8,15H2,1-3H3. The van der Waals surface area contributed by atoms with Crippen LogP contribution in [0.2, 0.25) is 0 Å². The molecule has 0 unspecified atom stereocenters. The molecule has 0 spiro atoms. The number of hydrogen-bond donors (Lipinski definition) is 2. The molecule has 0 aliphatic rings. The molecule has 1 heterocycles. The molecule has 1 aromatic carbocycles. The van der Waals surface area contributed by atoms with Crippen molar-refractivity contribution in [2.24, 2.45) is 7.05 Å². The molecule has 4 heteroatoms. The molecule has 1 aromatic heterocycles.